The maximum absolute atomic E-state index is 6.04. The van der Waals surface area contributed by atoms with Crippen LogP contribution >= 0.6 is 22.9 Å². The molecule has 1 rings (SSSR count). The minimum atomic E-state index is 0.0486. The van der Waals surface area contributed by atoms with Crippen molar-refractivity contribution in [1.82, 2.24) is 0 Å². The molecule has 0 amide bonds. The fourth-order valence-electron chi connectivity index (χ4n) is 1.19. The second kappa shape index (κ2) is 3.13. The topological polar surface area (TPSA) is 26.0 Å². The van der Waals surface area contributed by atoms with E-state index in [1.165, 1.54) is 4.88 Å². The summed E-state index contributed by atoms with van der Waals surface area (Å²) in [5, 5.41) is 0.850. The lowest BCUT2D eigenvalue weighted by Crippen LogP contribution is -2.05. The summed E-state index contributed by atoms with van der Waals surface area (Å²) in [5.74, 6) is 0. The molecule has 0 spiro atoms. The Bertz CT molecular complexity index is 265. The predicted octanol–water partition coefficient (Wildman–Crippen LogP) is 3.04. The molecule has 1 atom stereocenters. The van der Waals surface area contributed by atoms with Gasteiger partial charge in [-0.1, -0.05) is 11.6 Å². The standard InChI is InChI=1S/C8H12ClNS/c1-4(10)7-5(2)11-6(3)8(7)9/h4H,10H2,1-3H3. The fourth-order valence-corrected chi connectivity index (χ4v) is 2.74. The molecule has 1 heterocycles. The molecule has 1 nitrogen and oxygen atoms in total. The first kappa shape index (κ1) is 9.04. The lowest BCUT2D eigenvalue weighted by Gasteiger charge is -2.04. The Labute approximate surface area is 76.2 Å². The second-order valence-corrected chi connectivity index (χ2v) is 4.54. The molecular weight excluding hydrogens is 178 g/mol. The van der Waals surface area contributed by atoms with Crippen LogP contribution in [0, 0.1) is 13.8 Å². The van der Waals surface area contributed by atoms with Crippen LogP contribution in [-0.4, -0.2) is 0 Å². The van der Waals surface area contributed by atoms with E-state index in [-0.39, 0.29) is 6.04 Å². The summed E-state index contributed by atoms with van der Waals surface area (Å²) in [6, 6.07) is 0.0486. The Hall–Kier alpha value is -0.0500. The monoisotopic (exact) mass is 189 g/mol. The number of halogens is 1. The van der Waals surface area contributed by atoms with E-state index >= 15 is 0 Å². The van der Waals surface area contributed by atoms with E-state index in [4.69, 9.17) is 17.3 Å². The molecule has 0 radical (unpaired) electrons. The summed E-state index contributed by atoms with van der Waals surface area (Å²) >= 11 is 7.75. The first-order chi connectivity index (χ1) is 5.04. The Kier molecular flexibility index (Phi) is 2.58. The average molecular weight is 190 g/mol. The first-order valence-electron chi connectivity index (χ1n) is 3.55. The summed E-state index contributed by atoms with van der Waals surface area (Å²) < 4.78 is 0. The van der Waals surface area contributed by atoms with Gasteiger partial charge in [0.1, 0.15) is 0 Å². The lowest BCUT2D eigenvalue weighted by molar-refractivity contribution is 0.816. The van der Waals surface area contributed by atoms with E-state index in [0.29, 0.717) is 0 Å². The van der Waals surface area contributed by atoms with Gasteiger partial charge in [-0.25, -0.2) is 0 Å². The Morgan fingerprint density at radius 3 is 2.09 bits per heavy atom. The predicted molar refractivity (Wildman–Crippen MR) is 51.4 cm³/mol. The molecule has 1 aromatic rings. The van der Waals surface area contributed by atoms with Crippen molar-refractivity contribution in [3.05, 3.63) is 20.3 Å². The van der Waals surface area contributed by atoms with E-state index in [9.17, 15) is 0 Å². The SMILES string of the molecule is Cc1sc(C)c(C(C)N)c1Cl. The molecule has 3 heteroatoms. The highest BCUT2D eigenvalue weighted by molar-refractivity contribution is 7.12. The van der Waals surface area contributed by atoms with Crippen LogP contribution in [0.4, 0.5) is 0 Å². The Morgan fingerprint density at radius 1 is 1.36 bits per heavy atom. The van der Waals surface area contributed by atoms with E-state index < -0.39 is 0 Å². The third kappa shape index (κ3) is 1.58. The van der Waals surface area contributed by atoms with Crippen molar-refractivity contribution < 1.29 is 0 Å². The molecule has 1 unspecified atom stereocenters. The molecule has 0 bridgehead atoms. The van der Waals surface area contributed by atoms with Gasteiger partial charge in [-0.15, -0.1) is 11.3 Å². The van der Waals surface area contributed by atoms with E-state index in [2.05, 4.69) is 6.92 Å². The molecule has 0 saturated carbocycles. The van der Waals surface area contributed by atoms with Crippen molar-refractivity contribution in [3.8, 4) is 0 Å². The van der Waals surface area contributed by atoms with E-state index in [1.54, 1.807) is 11.3 Å². The molecule has 0 aliphatic carbocycles. The van der Waals surface area contributed by atoms with Gasteiger partial charge in [0.15, 0.2) is 0 Å². The summed E-state index contributed by atoms with van der Waals surface area (Å²) in [6.07, 6.45) is 0. The molecule has 62 valence electrons. The van der Waals surface area contributed by atoms with E-state index in [0.717, 1.165) is 15.5 Å². The van der Waals surface area contributed by atoms with Gasteiger partial charge < -0.3 is 5.73 Å². The van der Waals surface area contributed by atoms with Crippen LogP contribution in [0.3, 0.4) is 0 Å². The van der Waals surface area contributed by atoms with Crippen molar-refractivity contribution in [3.63, 3.8) is 0 Å². The number of nitrogens with two attached hydrogens (primary N) is 1. The minimum Gasteiger partial charge on any atom is -0.324 e. The molecule has 2 N–H and O–H groups in total. The van der Waals surface area contributed by atoms with Crippen molar-refractivity contribution in [2.75, 3.05) is 0 Å². The normalized spacial score (nSPS) is 13.5. The zero-order chi connectivity index (χ0) is 8.59. The molecule has 11 heavy (non-hydrogen) atoms. The van der Waals surface area contributed by atoms with E-state index in [1.807, 2.05) is 13.8 Å². The van der Waals surface area contributed by atoms with Crippen LogP contribution in [0.15, 0.2) is 0 Å². The quantitative estimate of drug-likeness (QED) is 0.722. The van der Waals surface area contributed by atoms with Crippen LogP contribution in [0.5, 0.6) is 0 Å². The first-order valence-corrected chi connectivity index (χ1v) is 4.74. The molecular formula is C8H12ClNS. The average Bonchev–Trinajstić information content (AvgIpc) is 2.07. The third-order valence-corrected chi connectivity index (χ3v) is 3.32. The highest BCUT2D eigenvalue weighted by atomic mass is 35.5. The van der Waals surface area contributed by atoms with Crippen molar-refractivity contribution in [2.24, 2.45) is 5.73 Å². The lowest BCUT2D eigenvalue weighted by atomic mass is 10.1. The zero-order valence-corrected chi connectivity index (χ0v) is 8.51. The highest BCUT2D eigenvalue weighted by Crippen LogP contribution is 2.34. The maximum atomic E-state index is 6.04. The zero-order valence-electron chi connectivity index (χ0n) is 6.94. The van der Waals surface area contributed by atoms with Crippen molar-refractivity contribution in [2.45, 2.75) is 26.8 Å². The smallest absolute Gasteiger partial charge is 0.0592 e. The number of hydrogen-bond donors (Lipinski definition) is 1. The molecule has 1 aromatic heterocycles. The summed E-state index contributed by atoms with van der Waals surface area (Å²) in [5.41, 5.74) is 6.86. The van der Waals surface area contributed by atoms with Crippen LogP contribution in [0.25, 0.3) is 0 Å². The molecule has 0 saturated heterocycles. The van der Waals surface area contributed by atoms with Gasteiger partial charge in [-0.3, -0.25) is 0 Å². The number of hydrogen-bond acceptors (Lipinski definition) is 2. The molecule has 0 aliphatic heterocycles. The number of aryl methyl sites for hydroxylation is 2. The van der Waals surface area contributed by atoms with Crippen molar-refractivity contribution in [1.29, 1.82) is 0 Å². The summed E-state index contributed by atoms with van der Waals surface area (Å²) in [4.78, 5) is 2.40. The van der Waals surface area contributed by atoms with Gasteiger partial charge in [-0.05, 0) is 20.8 Å². The summed E-state index contributed by atoms with van der Waals surface area (Å²) in [7, 11) is 0. The van der Waals surface area contributed by atoms with Crippen molar-refractivity contribution >= 4 is 22.9 Å². The van der Waals surface area contributed by atoms with Gasteiger partial charge in [0.2, 0.25) is 0 Å². The maximum Gasteiger partial charge on any atom is 0.0592 e. The van der Waals surface area contributed by atoms with Gasteiger partial charge in [0.25, 0.3) is 0 Å². The summed E-state index contributed by atoms with van der Waals surface area (Å²) in [6.45, 7) is 6.04. The van der Waals surface area contributed by atoms with Crippen LogP contribution in [0.1, 0.15) is 28.3 Å². The molecule has 0 aromatic carbocycles. The second-order valence-electron chi connectivity index (χ2n) is 2.73. The Morgan fingerprint density at radius 2 is 1.91 bits per heavy atom. The largest absolute Gasteiger partial charge is 0.324 e. The van der Waals surface area contributed by atoms with Gasteiger partial charge in [-0.2, -0.15) is 0 Å². The van der Waals surface area contributed by atoms with Gasteiger partial charge in [0.05, 0.1) is 5.02 Å². The minimum absolute atomic E-state index is 0.0486. The molecule has 0 aliphatic rings. The van der Waals surface area contributed by atoms with Gasteiger partial charge in [0, 0.05) is 21.4 Å². The highest BCUT2D eigenvalue weighted by Gasteiger charge is 2.13. The van der Waals surface area contributed by atoms with Crippen LogP contribution in [0.2, 0.25) is 5.02 Å². The molecule has 0 fully saturated rings. The van der Waals surface area contributed by atoms with Gasteiger partial charge >= 0.3 is 0 Å². The fraction of sp³-hybridized carbons (Fsp3) is 0.500. The third-order valence-electron chi connectivity index (χ3n) is 1.69. The number of rotatable bonds is 1. The van der Waals surface area contributed by atoms with Crippen LogP contribution in [-0.2, 0) is 0 Å². The number of thiophene rings is 1. The van der Waals surface area contributed by atoms with Crippen LogP contribution < -0.4 is 5.73 Å². The Balaban J connectivity index is 3.22.